The molecule has 8 rings (SSSR count). The Morgan fingerprint density at radius 2 is 1.78 bits per heavy atom. The monoisotopic (exact) mass is 1020 g/mol. The lowest BCUT2D eigenvalue weighted by Crippen LogP contribution is -2.68. The molecule has 0 aliphatic carbocycles. The summed E-state index contributed by atoms with van der Waals surface area (Å²) in [4.78, 5) is 85.9. The van der Waals surface area contributed by atoms with Crippen LogP contribution in [-0.2, 0) is 41.6 Å². The summed E-state index contributed by atoms with van der Waals surface area (Å²) in [5.41, 5.74) is 9.82. The van der Waals surface area contributed by atoms with Crippen LogP contribution in [0.4, 0.5) is 4.79 Å². The summed E-state index contributed by atoms with van der Waals surface area (Å²) in [7, 11) is 3.38. The number of piperazine rings is 1. The van der Waals surface area contributed by atoms with Crippen molar-refractivity contribution in [2.24, 2.45) is 11.3 Å². The Balaban J connectivity index is 1.08. The Bertz CT molecular complexity index is 2620. The Labute approximate surface area is 438 Å². The van der Waals surface area contributed by atoms with Gasteiger partial charge in [0.2, 0.25) is 11.8 Å². The predicted octanol–water partition coefficient (Wildman–Crippen LogP) is 6.28. The van der Waals surface area contributed by atoms with Crippen LogP contribution in [0.5, 0.6) is 0 Å². The lowest BCUT2D eigenvalue weighted by molar-refractivity contribution is -0.155. The summed E-state index contributed by atoms with van der Waals surface area (Å²) in [6.07, 6.45) is 8.99. The van der Waals surface area contributed by atoms with E-state index in [1.807, 2.05) is 42.8 Å². The van der Waals surface area contributed by atoms with E-state index in [4.69, 9.17) is 14.5 Å². The molecule has 402 valence electrons. The first-order valence-corrected chi connectivity index (χ1v) is 27.1. The fourth-order valence-electron chi connectivity index (χ4n) is 12.5. The van der Waals surface area contributed by atoms with Crippen LogP contribution in [0.25, 0.3) is 27.7 Å². The quantitative estimate of drug-likeness (QED) is 0.174. The van der Waals surface area contributed by atoms with Crippen molar-refractivity contribution in [3.05, 3.63) is 72.1 Å². The molecule has 7 heterocycles. The van der Waals surface area contributed by atoms with Crippen LogP contribution in [-0.4, -0.2) is 178 Å². The Morgan fingerprint density at radius 1 is 1.03 bits per heavy atom. The minimum absolute atomic E-state index is 0.0779. The second-order valence-corrected chi connectivity index (χ2v) is 22.7. The number of likely N-dealkylation sites (tertiary alicyclic amines) is 1. The van der Waals surface area contributed by atoms with Gasteiger partial charge in [-0.15, -0.1) is 0 Å². The van der Waals surface area contributed by atoms with Crippen molar-refractivity contribution in [1.29, 1.82) is 0 Å². The third kappa shape index (κ3) is 11.2. The molecule has 2 N–H and O–H groups in total. The number of likely N-dealkylation sites (N-methyl/N-ethyl adjacent to an activating group) is 1. The van der Waals surface area contributed by atoms with Gasteiger partial charge in [-0.05, 0) is 119 Å². The van der Waals surface area contributed by atoms with E-state index in [9.17, 15) is 24.0 Å². The van der Waals surface area contributed by atoms with Gasteiger partial charge in [0.25, 0.3) is 5.91 Å². The minimum Gasteiger partial charge on any atom is -0.464 e. The van der Waals surface area contributed by atoms with Crippen LogP contribution in [0.2, 0.25) is 0 Å². The third-order valence-corrected chi connectivity index (χ3v) is 16.4. The number of carbonyl (C=O) groups excluding carboxylic acids is 5. The second kappa shape index (κ2) is 22.7. The van der Waals surface area contributed by atoms with Crippen molar-refractivity contribution in [2.75, 3.05) is 79.7 Å². The number of rotatable bonds is 10. The first-order valence-electron chi connectivity index (χ1n) is 27.1. The number of fused-ring (bicyclic) bond motifs is 6. The number of piperidine rings is 1. The molecular weight excluding hydrogens is 937 g/mol. The fraction of sp³-hybridized carbons (Fsp3) is 0.614. The van der Waals surface area contributed by atoms with Gasteiger partial charge in [-0.1, -0.05) is 46.4 Å². The number of hydrazine groups is 1. The number of methoxy groups -OCH3 is 1. The summed E-state index contributed by atoms with van der Waals surface area (Å²) < 4.78 is 14.4. The highest BCUT2D eigenvalue weighted by molar-refractivity contribution is 5.95. The zero-order valence-corrected chi connectivity index (χ0v) is 45.7. The van der Waals surface area contributed by atoms with Gasteiger partial charge in [-0.3, -0.25) is 39.0 Å². The topological polar surface area (TPSA) is 165 Å². The van der Waals surface area contributed by atoms with Gasteiger partial charge in [0.05, 0.1) is 24.1 Å². The molecule has 0 saturated carbocycles. The number of carbonyl (C=O) groups is 5. The largest absolute Gasteiger partial charge is 0.464 e. The maximum Gasteiger partial charge on any atom is 0.324 e. The fourth-order valence-corrected chi connectivity index (χ4v) is 12.5. The summed E-state index contributed by atoms with van der Waals surface area (Å²) in [6.45, 7) is 25.9. The normalized spacial score (nSPS) is 23.5. The Kier molecular flexibility index (Phi) is 16.8. The first-order chi connectivity index (χ1) is 35.3. The van der Waals surface area contributed by atoms with Gasteiger partial charge in [0, 0.05) is 119 Å². The number of cyclic esters (lactones) is 1. The lowest BCUT2D eigenvalue weighted by atomic mass is 9.82. The molecule has 3 saturated heterocycles. The van der Waals surface area contributed by atoms with Crippen LogP contribution in [0.15, 0.2) is 55.3 Å². The van der Waals surface area contributed by atoms with Gasteiger partial charge in [-0.25, -0.2) is 10.2 Å². The number of ether oxygens (including phenoxy) is 2. The number of nitrogens with one attached hydrogen (secondary N) is 2. The van der Waals surface area contributed by atoms with Crippen LogP contribution in [0.3, 0.4) is 0 Å². The highest BCUT2D eigenvalue weighted by atomic mass is 16.5. The molecule has 5 atom stereocenters. The average Bonchev–Trinajstić information content (AvgIpc) is 3.70. The van der Waals surface area contributed by atoms with Crippen molar-refractivity contribution >= 4 is 46.2 Å². The average molecular weight is 1020 g/mol. The number of nitrogens with zero attached hydrogens (tertiary/aromatic N) is 8. The molecule has 17 nitrogen and oxygen atoms in total. The van der Waals surface area contributed by atoms with E-state index in [2.05, 4.69) is 96.6 Å². The molecule has 2 aromatic heterocycles. The number of urea groups is 1. The van der Waals surface area contributed by atoms with E-state index in [1.165, 1.54) is 16.0 Å². The number of esters is 1. The minimum atomic E-state index is -1.01. The van der Waals surface area contributed by atoms with Gasteiger partial charge >= 0.3 is 12.0 Å². The summed E-state index contributed by atoms with van der Waals surface area (Å²) in [5.74, 6) is -1.58. The number of hydrogen-bond donors (Lipinski definition) is 2. The third-order valence-electron chi connectivity index (χ3n) is 16.4. The molecule has 6 bridgehead atoms. The molecule has 17 heteroatoms. The molecule has 0 radical (unpaired) electrons. The maximum absolute atomic E-state index is 14.9. The van der Waals surface area contributed by atoms with E-state index in [0.29, 0.717) is 77.9 Å². The summed E-state index contributed by atoms with van der Waals surface area (Å²) >= 11 is 0. The molecule has 3 aromatic rings. The SMILES string of the molecule is C=CC(=O)N1CCN(C(C)C)C2(CCN(C(=O)N(C)[C@H](C(=O)NC3CN4CCC=C(C4)c4ccc5c(c4)c(c(-c4cccnc4[C@H](C)OC)n5CC)CC(C)(C)COC(=O)[C@@H]4CCCN(N4)C3=O)C(C)C)CC2)C1. The van der Waals surface area contributed by atoms with E-state index in [-0.39, 0.29) is 54.6 Å². The van der Waals surface area contributed by atoms with E-state index < -0.39 is 35.4 Å². The Morgan fingerprint density at radius 3 is 2.47 bits per heavy atom. The molecule has 5 aliphatic heterocycles. The van der Waals surface area contributed by atoms with Gasteiger partial charge in [0.15, 0.2) is 0 Å². The maximum atomic E-state index is 14.9. The van der Waals surface area contributed by atoms with Gasteiger partial charge in [-0.2, -0.15) is 0 Å². The number of pyridine rings is 1. The molecular formula is C57H82N10O7. The van der Waals surface area contributed by atoms with Crippen molar-refractivity contribution in [2.45, 2.75) is 136 Å². The lowest BCUT2D eigenvalue weighted by Gasteiger charge is -2.55. The predicted molar refractivity (Wildman–Crippen MR) is 287 cm³/mol. The first kappa shape index (κ1) is 54.6. The molecule has 5 aliphatic rings. The number of benzene rings is 1. The molecule has 1 spiro atoms. The highest BCUT2D eigenvalue weighted by Gasteiger charge is 2.47. The van der Waals surface area contributed by atoms with Crippen LogP contribution < -0.4 is 10.7 Å². The van der Waals surface area contributed by atoms with E-state index in [0.717, 1.165) is 64.1 Å². The zero-order valence-electron chi connectivity index (χ0n) is 45.7. The van der Waals surface area contributed by atoms with Crippen LogP contribution >= 0.6 is 0 Å². The number of amides is 5. The zero-order chi connectivity index (χ0) is 53.2. The number of aromatic nitrogens is 2. The van der Waals surface area contributed by atoms with Crippen molar-refractivity contribution < 1.29 is 33.4 Å². The van der Waals surface area contributed by atoms with Crippen LogP contribution in [0, 0.1) is 11.3 Å². The smallest absolute Gasteiger partial charge is 0.324 e. The van der Waals surface area contributed by atoms with Crippen LogP contribution in [0.1, 0.15) is 110 Å². The second-order valence-electron chi connectivity index (χ2n) is 22.7. The molecule has 5 amide bonds. The Hall–Kier alpha value is -5.62. The van der Waals surface area contributed by atoms with Crippen molar-refractivity contribution in [1.82, 2.24) is 49.8 Å². The van der Waals surface area contributed by atoms with E-state index >= 15 is 0 Å². The van der Waals surface area contributed by atoms with E-state index in [1.54, 1.807) is 14.2 Å². The molecule has 3 fully saturated rings. The standard InChI is InChI=1S/C57H82N10O7/c1-12-48(68)64-29-30-66(38(5)6)57(35-64)22-27-63(28-23-57)55(72)61(10)50(37(3)4)52(69)59-46-34-62-25-15-17-41(33-62)40-20-21-47-43(31-40)44(51(65(47)13-2)42-18-14-24-58-49(42)39(7)73-11)32-56(8,9)36-74-54(71)45-19-16-26-67(60-45)53(46)70/h12,14,17-18,20-21,24,31,37-39,45-46,50,60H,1,13,15-16,19,22-23,25-30,32-36H2,2-11H3,(H,59,69)/t39-,45-,46?,50-/m0/s1. The van der Waals surface area contributed by atoms with Gasteiger partial charge < -0.3 is 34.1 Å². The summed E-state index contributed by atoms with van der Waals surface area (Å²) in [5, 5.41) is 5.76. The number of aryl methyl sites for hydroxylation is 1. The summed E-state index contributed by atoms with van der Waals surface area (Å²) in [6, 6.07) is 8.13. The van der Waals surface area contributed by atoms with Gasteiger partial charge in [0.1, 0.15) is 18.1 Å². The number of hydrogen-bond acceptors (Lipinski definition) is 11. The van der Waals surface area contributed by atoms with Crippen molar-refractivity contribution in [3.63, 3.8) is 0 Å². The molecule has 1 aromatic carbocycles. The molecule has 74 heavy (non-hydrogen) atoms. The molecule has 2 unspecified atom stereocenters. The highest BCUT2D eigenvalue weighted by Crippen LogP contribution is 2.42. The van der Waals surface area contributed by atoms with Crippen molar-refractivity contribution in [3.8, 4) is 11.3 Å².